The van der Waals surface area contributed by atoms with Gasteiger partial charge in [-0.1, -0.05) is 157 Å². The van der Waals surface area contributed by atoms with Crippen LogP contribution < -0.4 is 0 Å². The first-order valence-corrected chi connectivity index (χ1v) is 22.9. The lowest BCUT2D eigenvalue weighted by Gasteiger charge is -2.24. The number of carbonyl (C=O) groups excluding carboxylic acids is 1. The first-order valence-electron chi connectivity index (χ1n) is 21.4. The predicted molar refractivity (Wildman–Crippen MR) is 233 cm³/mol. The van der Waals surface area contributed by atoms with Gasteiger partial charge in [0.25, 0.3) is 0 Å². The average molecular weight is 791 g/mol. The molecule has 0 rings (SSSR count). The molecule has 0 aliphatic heterocycles. The fraction of sp³-hybridized carbons (Fsp3) is 0.674. The maximum absolute atomic E-state index is 12.5. The van der Waals surface area contributed by atoms with E-state index in [0.717, 1.165) is 51.4 Å². The summed E-state index contributed by atoms with van der Waals surface area (Å²) in [6.07, 6.45) is 51.6. The second-order valence-corrected chi connectivity index (χ2v) is 16.5. The van der Waals surface area contributed by atoms with Gasteiger partial charge in [-0.15, -0.1) is 0 Å². The van der Waals surface area contributed by atoms with Gasteiger partial charge in [-0.2, -0.15) is 0 Å². The molecule has 0 fully saturated rings. The van der Waals surface area contributed by atoms with E-state index in [0.29, 0.717) is 17.4 Å². The summed E-state index contributed by atoms with van der Waals surface area (Å²) in [6.45, 7) is 4.68. The van der Waals surface area contributed by atoms with Crippen molar-refractivity contribution in [3.05, 3.63) is 85.3 Å². The normalized spacial score (nSPS) is 14.6. The summed E-state index contributed by atoms with van der Waals surface area (Å²) in [5.41, 5.74) is 0. The van der Waals surface area contributed by atoms with Crippen molar-refractivity contribution < 1.29 is 37.3 Å². The number of ether oxygens (including phenoxy) is 2. The molecule has 0 aromatic heterocycles. The molecule has 0 aliphatic carbocycles. The number of esters is 1. The Morgan fingerprint density at radius 1 is 0.600 bits per heavy atom. The highest BCUT2D eigenvalue weighted by Crippen LogP contribution is 2.43. The number of nitrogens with zero attached hydrogens (tertiary/aromatic N) is 1. The van der Waals surface area contributed by atoms with Gasteiger partial charge in [0.2, 0.25) is 0 Å². The predicted octanol–water partition coefficient (Wildman–Crippen LogP) is 12.8. The quantitative estimate of drug-likeness (QED) is 0.0166. The van der Waals surface area contributed by atoms with E-state index >= 15 is 0 Å². The maximum Gasteiger partial charge on any atom is 0.472 e. The number of rotatable bonds is 38. The molecule has 0 saturated carbocycles. The molecule has 2 unspecified atom stereocenters. The highest BCUT2D eigenvalue weighted by atomic mass is 31.2. The summed E-state index contributed by atoms with van der Waals surface area (Å²) in [5.74, 6) is -0.361. The van der Waals surface area contributed by atoms with Crippen LogP contribution in [0.25, 0.3) is 0 Å². The third kappa shape index (κ3) is 42.5. The lowest BCUT2D eigenvalue weighted by Crippen LogP contribution is -2.37. The molecule has 8 nitrogen and oxygen atoms in total. The SMILES string of the molecule is CC/C=C\C/C=C\C/C=C\C/C=C\C/C=C\C/C=C\CCC(=O)OCC(COP(=O)(O)OCC[N+](C)(C)C)O/C=C\CCCCCCCCCCCCCC. The van der Waals surface area contributed by atoms with Crippen LogP contribution in [0.2, 0.25) is 0 Å². The highest BCUT2D eigenvalue weighted by molar-refractivity contribution is 7.47. The van der Waals surface area contributed by atoms with Crippen molar-refractivity contribution in [3.8, 4) is 0 Å². The van der Waals surface area contributed by atoms with E-state index in [1.54, 1.807) is 6.26 Å². The van der Waals surface area contributed by atoms with Crippen LogP contribution in [0, 0.1) is 0 Å². The molecule has 0 saturated heterocycles. The largest absolute Gasteiger partial charge is 0.492 e. The number of allylic oxidation sites excluding steroid dienone is 13. The maximum atomic E-state index is 12.5. The molecule has 0 spiro atoms. The number of quaternary nitrogens is 1. The average Bonchev–Trinajstić information content (AvgIpc) is 3.14. The molecular formula is C46H81NO7P+. The summed E-state index contributed by atoms with van der Waals surface area (Å²) in [6, 6.07) is 0. The fourth-order valence-electron chi connectivity index (χ4n) is 5.21. The second-order valence-electron chi connectivity index (χ2n) is 15.1. The zero-order chi connectivity index (χ0) is 40.6. The van der Waals surface area contributed by atoms with Crippen LogP contribution in [0.5, 0.6) is 0 Å². The van der Waals surface area contributed by atoms with Crippen LogP contribution in [0.4, 0.5) is 0 Å². The summed E-state index contributed by atoms with van der Waals surface area (Å²) >= 11 is 0. The number of likely N-dealkylation sites (N-methyl/N-ethyl adjacent to an activating group) is 1. The molecule has 0 aliphatic rings. The molecule has 316 valence electrons. The number of phosphoric acid groups is 1. The van der Waals surface area contributed by atoms with Crippen molar-refractivity contribution in [2.45, 2.75) is 155 Å². The van der Waals surface area contributed by atoms with Gasteiger partial charge in [0, 0.05) is 6.42 Å². The molecule has 2 atom stereocenters. The first kappa shape index (κ1) is 52.5. The van der Waals surface area contributed by atoms with Gasteiger partial charge in [-0.25, -0.2) is 4.57 Å². The Hall–Kier alpha value is -2.48. The number of phosphoric ester groups is 1. The summed E-state index contributed by atoms with van der Waals surface area (Å²) in [4.78, 5) is 22.6. The van der Waals surface area contributed by atoms with E-state index in [4.69, 9.17) is 18.5 Å². The van der Waals surface area contributed by atoms with Crippen molar-refractivity contribution in [2.75, 3.05) is 47.5 Å². The van der Waals surface area contributed by atoms with Gasteiger partial charge < -0.3 is 18.9 Å². The van der Waals surface area contributed by atoms with E-state index in [9.17, 15) is 14.3 Å². The number of hydrogen-bond donors (Lipinski definition) is 1. The summed E-state index contributed by atoms with van der Waals surface area (Å²) in [5, 5.41) is 0. The van der Waals surface area contributed by atoms with Gasteiger partial charge in [0.1, 0.15) is 19.8 Å². The zero-order valence-electron chi connectivity index (χ0n) is 35.6. The number of carbonyl (C=O) groups is 1. The number of unbranched alkanes of at least 4 members (excludes halogenated alkanes) is 12. The summed E-state index contributed by atoms with van der Waals surface area (Å²) < 4.78 is 34.6. The van der Waals surface area contributed by atoms with Crippen LogP contribution in [0.15, 0.2) is 85.3 Å². The van der Waals surface area contributed by atoms with Gasteiger partial charge in [-0.05, 0) is 63.9 Å². The van der Waals surface area contributed by atoms with Crippen LogP contribution in [0.1, 0.15) is 149 Å². The molecule has 1 N–H and O–H groups in total. The Labute approximate surface area is 337 Å². The van der Waals surface area contributed by atoms with E-state index in [-0.39, 0.29) is 32.2 Å². The van der Waals surface area contributed by atoms with Gasteiger partial charge in [-0.3, -0.25) is 13.8 Å². The molecule has 0 aromatic carbocycles. The smallest absolute Gasteiger partial charge is 0.472 e. The Morgan fingerprint density at radius 2 is 1.07 bits per heavy atom. The van der Waals surface area contributed by atoms with Crippen molar-refractivity contribution in [2.24, 2.45) is 0 Å². The highest BCUT2D eigenvalue weighted by Gasteiger charge is 2.25. The minimum absolute atomic E-state index is 0.0747. The molecular weight excluding hydrogens is 709 g/mol. The molecule has 0 bridgehead atoms. The van der Waals surface area contributed by atoms with E-state index < -0.39 is 13.9 Å². The Bertz CT molecular complexity index is 1150. The van der Waals surface area contributed by atoms with Crippen LogP contribution in [0.3, 0.4) is 0 Å². The molecule has 9 heteroatoms. The minimum atomic E-state index is -4.28. The lowest BCUT2D eigenvalue weighted by molar-refractivity contribution is -0.870. The van der Waals surface area contributed by atoms with E-state index in [1.807, 2.05) is 39.4 Å². The van der Waals surface area contributed by atoms with Crippen LogP contribution in [-0.2, 0) is 27.9 Å². The topological polar surface area (TPSA) is 91.3 Å². The van der Waals surface area contributed by atoms with Gasteiger partial charge in [0.15, 0.2) is 6.10 Å². The number of hydrogen-bond acceptors (Lipinski definition) is 6. The molecule has 55 heavy (non-hydrogen) atoms. The van der Waals surface area contributed by atoms with Crippen molar-refractivity contribution >= 4 is 13.8 Å². The standard InChI is InChI=1S/C46H80NO7P/c1-6-8-10-12-14-16-18-20-22-23-24-25-26-27-29-31-33-35-37-39-46(48)52-43-45(44-54-55(49,50)53-42-40-47(3,4)5)51-41-38-36-34-32-30-28-21-19-17-15-13-11-9-7-2/h8,10,14,16,20,22,24-25,27,29,33,35,38,41,45H,6-7,9,11-13,15,17-19,21,23,26,28,30-32,34,36-37,39-40,42-44H2,1-5H3/p+1/b10-8-,16-14-,22-20-,25-24-,29-27-,35-33-,41-38-. The minimum Gasteiger partial charge on any atom is -0.492 e. The molecule has 0 heterocycles. The molecule has 0 aromatic rings. The third-order valence-corrected chi connectivity index (χ3v) is 9.56. The zero-order valence-corrected chi connectivity index (χ0v) is 36.5. The van der Waals surface area contributed by atoms with Gasteiger partial charge in [0.05, 0.1) is 34.0 Å². The second kappa shape index (κ2) is 38.4. The monoisotopic (exact) mass is 791 g/mol. The van der Waals surface area contributed by atoms with Crippen molar-refractivity contribution in [1.82, 2.24) is 0 Å². The van der Waals surface area contributed by atoms with Crippen molar-refractivity contribution in [1.29, 1.82) is 0 Å². The Kier molecular flexibility index (Phi) is 36.7. The van der Waals surface area contributed by atoms with Gasteiger partial charge >= 0.3 is 13.8 Å². The van der Waals surface area contributed by atoms with Crippen LogP contribution in [-0.4, -0.2) is 69.0 Å². The van der Waals surface area contributed by atoms with E-state index in [1.165, 1.54) is 70.6 Å². The summed E-state index contributed by atoms with van der Waals surface area (Å²) in [7, 11) is 1.62. The van der Waals surface area contributed by atoms with Crippen LogP contribution >= 0.6 is 7.82 Å². The molecule has 0 amide bonds. The lowest BCUT2D eigenvalue weighted by atomic mass is 10.0. The van der Waals surface area contributed by atoms with E-state index in [2.05, 4.69) is 74.6 Å². The van der Waals surface area contributed by atoms with Crippen molar-refractivity contribution in [3.63, 3.8) is 0 Å². The Morgan fingerprint density at radius 3 is 1.56 bits per heavy atom. The molecule has 0 radical (unpaired) electrons. The fourth-order valence-corrected chi connectivity index (χ4v) is 5.95. The first-order chi connectivity index (χ1) is 26.6. The Balaban J connectivity index is 4.43. The third-order valence-electron chi connectivity index (χ3n) is 8.57.